The Kier molecular flexibility index (Phi) is 7.56. The van der Waals surface area contributed by atoms with E-state index in [0.717, 1.165) is 16.7 Å². The first kappa shape index (κ1) is 27.9. The molecule has 1 aromatic heterocycles. The number of likely N-dealkylation sites (N-methyl/N-ethyl adjacent to an activating group) is 1. The summed E-state index contributed by atoms with van der Waals surface area (Å²) in [5, 5.41) is 8.45. The minimum atomic E-state index is -5.19. The van der Waals surface area contributed by atoms with Crippen LogP contribution in [0, 0.1) is 11.3 Å². The number of halogens is 3. The number of hydrogen-bond donors (Lipinski definition) is 3. The van der Waals surface area contributed by atoms with E-state index in [1.165, 1.54) is 13.2 Å². The molecule has 3 rings (SSSR count). The second kappa shape index (κ2) is 10.0. The highest BCUT2D eigenvalue weighted by atomic mass is 19.4. The summed E-state index contributed by atoms with van der Waals surface area (Å²) in [5.41, 5.74) is 4.39. The zero-order chi connectivity index (χ0) is 27.9. The Bertz CT molecular complexity index is 1100. The molecule has 2 unspecified atom stereocenters. The van der Waals surface area contributed by atoms with Gasteiger partial charge >= 0.3 is 12.1 Å². The second-order valence-electron chi connectivity index (χ2n) is 9.98. The number of primary amides is 1. The number of carbonyl (C=O) groups excluding carboxylic acids is 5. The van der Waals surface area contributed by atoms with Crippen molar-refractivity contribution in [2.45, 2.75) is 64.5 Å². The Morgan fingerprint density at radius 3 is 2.49 bits per heavy atom. The van der Waals surface area contributed by atoms with Crippen LogP contribution < -0.4 is 16.4 Å². The fourth-order valence-electron chi connectivity index (χ4n) is 4.78. The minimum Gasteiger partial charge on any atom is -0.368 e. The zero-order valence-electron chi connectivity index (χ0n) is 20.8. The Balaban J connectivity index is 1.87. The van der Waals surface area contributed by atoms with Gasteiger partial charge in [-0.05, 0) is 25.7 Å². The molecule has 5 amide bonds. The molecule has 2 aliphatic rings. The molecule has 0 bridgehead atoms. The van der Waals surface area contributed by atoms with Crippen molar-refractivity contribution in [2.24, 2.45) is 17.1 Å². The molecule has 1 saturated heterocycles. The number of hydrogen-bond acceptors (Lipinski definition) is 6. The summed E-state index contributed by atoms with van der Waals surface area (Å²) in [6.07, 6.45) is -3.65. The van der Waals surface area contributed by atoms with E-state index in [0.29, 0.717) is 5.82 Å². The zero-order valence-corrected chi connectivity index (χ0v) is 20.8. The quantitative estimate of drug-likeness (QED) is 0.445. The van der Waals surface area contributed by atoms with Gasteiger partial charge in [0.1, 0.15) is 23.9 Å². The lowest BCUT2D eigenvalue weighted by molar-refractivity contribution is -0.175. The first-order valence-electron chi connectivity index (χ1n) is 11.6. The topological polar surface area (TPSA) is 160 Å². The van der Waals surface area contributed by atoms with Gasteiger partial charge in [-0.15, -0.1) is 0 Å². The van der Waals surface area contributed by atoms with Gasteiger partial charge in [-0.3, -0.25) is 24.0 Å². The summed E-state index contributed by atoms with van der Waals surface area (Å²) in [4.78, 5) is 65.5. The van der Waals surface area contributed by atoms with Crippen molar-refractivity contribution >= 4 is 35.4 Å². The van der Waals surface area contributed by atoms with Gasteiger partial charge in [0, 0.05) is 19.7 Å². The van der Waals surface area contributed by atoms with Crippen LogP contribution in [-0.2, 0) is 30.5 Å². The SMILES string of the molecule is CC(C)C[C@@H](C(=O)N1CC2(CC1C(N)=O)Cn1nccc1NC2=O)N(C)C(=O)[C@H](C)NC(=O)C(F)(F)F. The van der Waals surface area contributed by atoms with E-state index in [4.69, 9.17) is 5.73 Å². The predicted molar refractivity (Wildman–Crippen MR) is 122 cm³/mol. The second-order valence-corrected chi connectivity index (χ2v) is 9.98. The molecule has 3 heterocycles. The van der Waals surface area contributed by atoms with Gasteiger partial charge in [0.05, 0.1) is 18.2 Å². The molecule has 0 aliphatic carbocycles. The first-order valence-corrected chi connectivity index (χ1v) is 11.6. The molecule has 37 heavy (non-hydrogen) atoms. The van der Waals surface area contributed by atoms with Gasteiger partial charge in [0.15, 0.2) is 0 Å². The standard InChI is InChI=1S/C22H30F3N7O5/c1-11(2)7-13(30(4)17(34)12(3)28-20(37)22(23,24)25)18(35)31-9-21(8-14(31)16(26)33)10-32-15(5-6-27-32)29-19(21)36/h5-6,11-14H,7-10H2,1-4H3,(H2,26,33)(H,28,37)(H,29,36)/t12-,13-,14?,21?/m0/s1. The Morgan fingerprint density at radius 1 is 1.27 bits per heavy atom. The molecule has 2 aliphatic heterocycles. The largest absolute Gasteiger partial charge is 0.471 e. The maximum Gasteiger partial charge on any atom is 0.471 e. The Hall–Kier alpha value is -3.65. The minimum absolute atomic E-state index is 0.0662. The molecule has 0 aromatic carbocycles. The molecule has 4 N–H and O–H groups in total. The summed E-state index contributed by atoms with van der Waals surface area (Å²) < 4.78 is 39.5. The molecule has 0 saturated carbocycles. The maximum absolute atomic E-state index is 13.8. The van der Waals surface area contributed by atoms with Crippen LogP contribution in [0.5, 0.6) is 0 Å². The summed E-state index contributed by atoms with van der Waals surface area (Å²) in [6.45, 7) is 4.54. The number of fused-ring (bicyclic) bond motifs is 1. The number of rotatable bonds is 7. The van der Waals surface area contributed by atoms with Crippen molar-refractivity contribution in [1.29, 1.82) is 0 Å². The number of alkyl halides is 3. The van der Waals surface area contributed by atoms with Crippen molar-refractivity contribution in [2.75, 3.05) is 18.9 Å². The number of likely N-dealkylation sites (tertiary alicyclic amines) is 1. The highest BCUT2D eigenvalue weighted by Crippen LogP contribution is 2.41. The highest BCUT2D eigenvalue weighted by Gasteiger charge is 2.56. The molecular formula is C22H30F3N7O5. The van der Waals surface area contributed by atoms with E-state index in [9.17, 15) is 37.1 Å². The van der Waals surface area contributed by atoms with Crippen LogP contribution in [0.4, 0.5) is 19.0 Å². The number of nitrogens with two attached hydrogens (primary N) is 1. The molecule has 12 nitrogen and oxygen atoms in total. The van der Waals surface area contributed by atoms with E-state index in [-0.39, 0.29) is 31.8 Å². The van der Waals surface area contributed by atoms with Crippen molar-refractivity contribution in [3.05, 3.63) is 12.3 Å². The number of nitrogens with zero attached hydrogens (tertiary/aromatic N) is 4. The highest BCUT2D eigenvalue weighted by molar-refractivity contribution is 6.00. The smallest absolute Gasteiger partial charge is 0.368 e. The van der Waals surface area contributed by atoms with Gasteiger partial charge < -0.3 is 26.2 Å². The van der Waals surface area contributed by atoms with Crippen molar-refractivity contribution in [1.82, 2.24) is 24.9 Å². The van der Waals surface area contributed by atoms with E-state index in [1.807, 2.05) is 0 Å². The van der Waals surface area contributed by atoms with Crippen molar-refractivity contribution in [3.63, 3.8) is 0 Å². The van der Waals surface area contributed by atoms with E-state index in [1.54, 1.807) is 29.9 Å². The van der Waals surface area contributed by atoms with Gasteiger partial charge in [0.25, 0.3) is 0 Å². The summed E-state index contributed by atoms with van der Waals surface area (Å²) in [7, 11) is 1.23. The third kappa shape index (κ3) is 5.54. The van der Waals surface area contributed by atoms with Crippen LogP contribution in [0.2, 0.25) is 0 Å². The molecule has 15 heteroatoms. The van der Waals surface area contributed by atoms with Gasteiger partial charge in [0.2, 0.25) is 23.6 Å². The van der Waals surface area contributed by atoms with Crippen LogP contribution in [0.3, 0.4) is 0 Å². The fraction of sp³-hybridized carbons (Fsp3) is 0.636. The predicted octanol–water partition coefficient (Wildman–Crippen LogP) is -0.152. The number of aromatic nitrogens is 2. The third-order valence-electron chi connectivity index (χ3n) is 6.71. The summed E-state index contributed by atoms with van der Waals surface area (Å²) in [6, 6.07) is -2.33. The number of carbonyl (C=O) groups is 5. The number of amides is 5. The van der Waals surface area contributed by atoms with E-state index < -0.39 is 59.3 Å². The van der Waals surface area contributed by atoms with Gasteiger partial charge in [-0.25, -0.2) is 4.68 Å². The van der Waals surface area contributed by atoms with Crippen LogP contribution in [-0.4, -0.2) is 87.0 Å². The molecule has 1 aromatic rings. The Labute approximate surface area is 210 Å². The van der Waals surface area contributed by atoms with Crippen LogP contribution in [0.15, 0.2) is 12.3 Å². The average molecular weight is 530 g/mol. The van der Waals surface area contributed by atoms with Crippen LogP contribution in [0.25, 0.3) is 0 Å². The van der Waals surface area contributed by atoms with Crippen LogP contribution >= 0.6 is 0 Å². The molecule has 1 spiro atoms. The van der Waals surface area contributed by atoms with E-state index in [2.05, 4.69) is 10.4 Å². The van der Waals surface area contributed by atoms with Gasteiger partial charge in [-0.1, -0.05) is 13.8 Å². The first-order chi connectivity index (χ1) is 17.1. The van der Waals surface area contributed by atoms with Crippen molar-refractivity contribution < 1.29 is 37.1 Å². The van der Waals surface area contributed by atoms with E-state index >= 15 is 0 Å². The third-order valence-corrected chi connectivity index (χ3v) is 6.71. The molecule has 4 atom stereocenters. The van der Waals surface area contributed by atoms with Crippen LogP contribution in [0.1, 0.15) is 33.6 Å². The molecule has 204 valence electrons. The lowest BCUT2D eigenvalue weighted by Gasteiger charge is -2.36. The average Bonchev–Trinajstić information content (AvgIpc) is 3.40. The molecule has 1 fully saturated rings. The van der Waals surface area contributed by atoms with Crippen molar-refractivity contribution in [3.8, 4) is 0 Å². The number of nitrogens with one attached hydrogen (secondary N) is 2. The van der Waals surface area contributed by atoms with Gasteiger partial charge in [-0.2, -0.15) is 18.3 Å². The fourth-order valence-corrected chi connectivity index (χ4v) is 4.78. The molecule has 0 radical (unpaired) electrons. The maximum atomic E-state index is 13.8. The monoisotopic (exact) mass is 529 g/mol. The normalized spacial score (nSPS) is 22.9. The molecular weight excluding hydrogens is 499 g/mol. The number of anilines is 1. The summed E-state index contributed by atoms with van der Waals surface area (Å²) >= 11 is 0. The Morgan fingerprint density at radius 2 is 1.92 bits per heavy atom. The summed E-state index contributed by atoms with van der Waals surface area (Å²) in [5.74, 6) is -4.82. The lowest BCUT2D eigenvalue weighted by Crippen LogP contribution is -2.57. The lowest BCUT2D eigenvalue weighted by atomic mass is 9.83.